The van der Waals surface area contributed by atoms with Gasteiger partial charge in [-0.2, -0.15) is 0 Å². The molecule has 1 N–H and O–H groups in total. The molecule has 1 aromatic carbocycles. The topological polar surface area (TPSA) is 55.1 Å². The molecule has 20 heavy (non-hydrogen) atoms. The van der Waals surface area contributed by atoms with Crippen LogP contribution in [0.2, 0.25) is 5.02 Å². The van der Waals surface area contributed by atoms with E-state index in [9.17, 15) is 0 Å². The van der Waals surface area contributed by atoms with Gasteiger partial charge in [0.15, 0.2) is 5.82 Å². The second-order valence-corrected chi connectivity index (χ2v) is 5.07. The normalized spacial score (nSPS) is 12.6. The zero-order valence-electron chi connectivity index (χ0n) is 11.2. The summed E-state index contributed by atoms with van der Waals surface area (Å²) in [4.78, 5) is 4.34. The number of nitrogens with one attached hydrogen (secondary N) is 1. The summed E-state index contributed by atoms with van der Waals surface area (Å²) in [5, 5.41) is 12.3. The van der Waals surface area contributed by atoms with Crippen LogP contribution in [0.25, 0.3) is 5.65 Å². The fourth-order valence-corrected chi connectivity index (χ4v) is 2.21. The van der Waals surface area contributed by atoms with E-state index in [1.54, 1.807) is 6.20 Å². The van der Waals surface area contributed by atoms with Crippen molar-refractivity contribution < 1.29 is 0 Å². The fourth-order valence-electron chi connectivity index (χ4n) is 2.08. The number of aromatic nitrogens is 4. The number of hydrogen-bond acceptors (Lipinski definition) is 4. The van der Waals surface area contributed by atoms with Gasteiger partial charge in [0, 0.05) is 17.4 Å². The molecule has 0 aliphatic heterocycles. The first-order valence-corrected chi connectivity index (χ1v) is 6.71. The van der Waals surface area contributed by atoms with Crippen LogP contribution in [-0.4, -0.2) is 19.6 Å². The van der Waals surface area contributed by atoms with Crippen LogP contribution < -0.4 is 5.32 Å². The van der Waals surface area contributed by atoms with E-state index in [0.717, 1.165) is 27.9 Å². The molecule has 0 fully saturated rings. The van der Waals surface area contributed by atoms with Crippen LogP contribution in [-0.2, 0) is 0 Å². The molecule has 0 aliphatic carbocycles. The molecule has 0 bridgehead atoms. The minimum Gasteiger partial charge on any atom is -0.360 e. The van der Waals surface area contributed by atoms with Gasteiger partial charge in [0.2, 0.25) is 5.65 Å². The quantitative estimate of drug-likeness (QED) is 0.803. The van der Waals surface area contributed by atoms with Gasteiger partial charge < -0.3 is 5.32 Å². The maximum absolute atomic E-state index is 5.90. The summed E-state index contributed by atoms with van der Waals surface area (Å²) in [5.41, 5.74) is 1.86. The zero-order chi connectivity index (χ0) is 14.1. The monoisotopic (exact) mass is 287 g/mol. The Morgan fingerprint density at radius 1 is 1.20 bits per heavy atom. The molecule has 2 aromatic heterocycles. The van der Waals surface area contributed by atoms with E-state index in [4.69, 9.17) is 11.6 Å². The van der Waals surface area contributed by atoms with Gasteiger partial charge in [0.25, 0.3) is 0 Å². The number of halogens is 1. The Morgan fingerprint density at radius 2 is 1.95 bits per heavy atom. The fraction of sp³-hybridized carbons (Fsp3) is 0.214. The second kappa shape index (κ2) is 5.09. The van der Waals surface area contributed by atoms with Crippen LogP contribution in [0.3, 0.4) is 0 Å². The van der Waals surface area contributed by atoms with Crippen molar-refractivity contribution in [2.24, 2.45) is 0 Å². The number of fused-ring (bicyclic) bond motifs is 1. The summed E-state index contributed by atoms with van der Waals surface area (Å²) in [6, 6.07) is 7.85. The van der Waals surface area contributed by atoms with E-state index in [1.165, 1.54) is 0 Å². The molecule has 0 spiro atoms. The van der Waals surface area contributed by atoms with Gasteiger partial charge in [0.05, 0.1) is 6.04 Å². The lowest BCUT2D eigenvalue weighted by atomic mass is 10.1. The van der Waals surface area contributed by atoms with Gasteiger partial charge in [-0.1, -0.05) is 23.7 Å². The third-order valence-corrected chi connectivity index (χ3v) is 3.47. The van der Waals surface area contributed by atoms with Crippen molar-refractivity contribution in [1.29, 1.82) is 0 Å². The standard InChI is InChI=1S/C14H14ClN5/c1-9(11-3-5-12(15)6-4-11)17-13-14-19-18-10(2)20(14)8-7-16-13/h3-9H,1-2H3,(H,16,17). The van der Waals surface area contributed by atoms with Gasteiger partial charge in [-0.25, -0.2) is 4.98 Å². The van der Waals surface area contributed by atoms with Crippen LogP contribution in [0.1, 0.15) is 24.4 Å². The molecule has 0 amide bonds. The van der Waals surface area contributed by atoms with E-state index in [1.807, 2.05) is 41.8 Å². The van der Waals surface area contributed by atoms with E-state index >= 15 is 0 Å². The minimum absolute atomic E-state index is 0.1000. The molecule has 1 unspecified atom stereocenters. The Balaban J connectivity index is 1.91. The van der Waals surface area contributed by atoms with Crippen molar-refractivity contribution in [3.63, 3.8) is 0 Å². The summed E-state index contributed by atoms with van der Waals surface area (Å²) in [7, 11) is 0. The summed E-state index contributed by atoms with van der Waals surface area (Å²) in [6.45, 7) is 3.98. The first-order chi connectivity index (χ1) is 9.65. The average Bonchev–Trinajstić information content (AvgIpc) is 2.82. The molecular formula is C14H14ClN5. The van der Waals surface area contributed by atoms with Crippen LogP contribution in [0.4, 0.5) is 5.82 Å². The molecule has 3 aromatic rings. The molecule has 0 saturated heterocycles. The Kier molecular flexibility index (Phi) is 3.28. The van der Waals surface area contributed by atoms with E-state index in [0.29, 0.717) is 0 Å². The number of anilines is 1. The zero-order valence-corrected chi connectivity index (χ0v) is 12.0. The number of aryl methyl sites for hydroxylation is 1. The summed E-state index contributed by atoms with van der Waals surface area (Å²) in [6.07, 6.45) is 3.59. The predicted molar refractivity (Wildman–Crippen MR) is 79.0 cm³/mol. The first-order valence-electron chi connectivity index (χ1n) is 6.33. The molecule has 6 heteroatoms. The molecule has 5 nitrogen and oxygen atoms in total. The van der Waals surface area contributed by atoms with Gasteiger partial charge in [-0.3, -0.25) is 4.40 Å². The third kappa shape index (κ3) is 2.32. The Bertz CT molecular complexity index is 735. The van der Waals surface area contributed by atoms with Crippen molar-refractivity contribution in [2.75, 3.05) is 5.32 Å². The lowest BCUT2D eigenvalue weighted by Crippen LogP contribution is -2.09. The Morgan fingerprint density at radius 3 is 2.70 bits per heavy atom. The molecule has 102 valence electrons. The SMILES string of the molecule is Cc1nnc2c(NC(C)c3ccc(Cl)cc3)nccn12. The lowest BCUT2D eigenvalue weighted by Gasteiger charge is -2.15. The molecule has 0 aliphatic rings. The van der Waals surface area contributed by atoms with Crippen LogP contribution >= 0.6 is 11.6 Å². The van der Waals surface area contributed by atoms with Gasteiger partial charge in [-0.05, 0) is 31.5 Å². The predicted octanol–water partition coefficient (Wildman–Crippen LogP) is 3.26. The average molecular weight is 288 g/mol. The molecular weight excluding hydrogens is 274 g/mol. The number of hydrogen-bond donors (Lipinski definition) is 1. The molecule has 0 radical (unpaired) electrons. The van der Waals surface area contributed by atoms with E-state index < -0.39 is 0 Å². The maximum atomic E-state index is 5.90. The van der Waals surface area contributed by atoms with Crippen molar-refractivity contribution in [2.45, 2.75) is 19.9 Å². The summed E-state index contributed by atoms with van der Waals surface area (Å²) < 4.78 is 1.91. The highest BCUT2D eigenvalue weighted by atomic mass is 35.5. The maximum Gasteiger partial charge on any atom is 0.203 e. The molecule has 1 atom stereocenters. The molecule has 2 heterocycles. The number of rotatable bonds is 3. The van der Waals surface area contributed by atoms with Crippen molar-refractivity contribution in [1.82, 2.24) is 19.6 Å². The highest BCUT2D eigenvalue weighted by Gasteiger charge is 2.11. The minimum atomic E-state index is 0.1000. The van der Waals surface area contributed by atoms with E-state index in [-0.39, 0.29) is 6.04 Å². The van der Waals surface area contributed by atoms with Crippen molar-refractivity contribution in [3.05, 3.63) is 53.1 Å². The van der Waals surface area contributed by atoms with Crippen LogP contribution in [0.5, 0.6) is 0 Å². The van der Waals surface area contributed by atoms with Crippen LogP contribution in [0.15, 0.2) is 36.7 Å². The largest absolute Gasteiger partial charge is 0.360 e. The lowest BCUT2D eigenvalue weighted by molar-refractivity contribution is 0.872. The number of nitrogens with zero attached hydrogens (tertiary/aromatic N) is 4. The molecule has 3 rings (SSSR count). The highest BCUT2D eigenvalue weighted by molar-refractivity contribution is 6.30. The van der Waals surface area contributed by atoms with E-state index in [2.05, 4.69) is 27.4 Å². The smallest absolute Gasteiger partial charge is 0.203 e. The Labute approximate surface area is 121 Å². The van der Waals surface area contributed by atoms with Crippen molar-refractivity contribution >= 4 is 23.1 Å². The van der Waals surface area contributed by atoms with Crippen molar-refractivity contribution in [3.8, 4) is 0 Å². The first kappa shape index (κ1) is 12.9. The van der Waals surface area contributed by atoms with Gasteiger partial charge in [-0.15, -0.1) is 10.2 Å². The summed E-state index contributed by atoms with van der Waals surface area (Å²) in [5.74, 6) is 1.56. The molecule has 0 saturated carbocycles. The third-order valence-electron chi connectivity index (χ3n) is 3.22. The van der Waals surface area contributed by atoms with Crippen LogP contribution in [0, 0.1) is 6.92 Å². The Hall–Kier alpha value is -2.14. The highest BCUT2D eigenvalue weighted by Crippen LogP contribution is 2.21. The summed E-state index contributed by atoms with van der Waals surface area (Å²) >= 11 is 5.90. The second-order valence-electron chi connectivity index (χ2n) is 4.63. The number of benzene rings is 1. The van der Waals surface area contributed by atoms with Gasteiger partial charge >= 0.3 is 0 Å². The van der Waals surface area contributed by atoms with Gasteiger partial charge in [0.1, 0.15) is 5.82 Å².